The van der Waals surface area contributed by atoms with Gasteiger partial charge in [-0.3, -0.25) is 4.99 Å². The van der Waals surface area contributed by atoms with Crippen LogP contribution in [0.25, 0.3) is 0 Å². The Kier molecular flexibility index (Phi) is 8.08. The molecule has 0 amide bonds. The second-order valence-corrected chi connectivity index (χ2v) is 9.89. The van der Waals surface area contributed by atoms with Crippen molar-refractivity contribution in [3.63, 3.8) is 0 Å². The van der Waals surface area contributed by atoms with Crippen LogP contribution in [-0.2, 0) is 25.6 Å². The number of halogens is 2. The fourth-order valence-corrected chi connectivity index (χ4v) is 3.79. The van der Waals surface area contributed by atoms with Crippen molar-refractivity contribution in [1.29, 1.82) is 0 Å². The van der Waals surface area contributed by atoms with Gasteiger partial charge in [0, 0.05) is 24.3 Å². The van der Waals surface area contributed by atoms with Crippen molar-refractivity contribution < 1.29 is 30.7 Å². The number of benzene rings is 1. The molecule has 2 aliphatic rings. The van der Waals surface area contributed by atoms with Gasteiger partial charge in [-0.05, 0) is 50.7 Å². The molecule has 4 unspecified atom stereocenters. The van der Waals surface area contributed by atoms with E-state index in [1.54, 1.807) is 0 Å². The number of aryl methyl sites for hydroxylation is 1. The van der Waals surface area contributed by atoms with E-state index in [1.165, 1.54) is 19.3 Å². The van der Waals surface area contributed by atoms with Gasteiger partial charge in [0.1, 0.15) is 5.75 Å². The quantitative estimate of drug-likeness (QED) is 0.697. The van der Waals surface area contributed by atoms with Gasteiger partial charge in [-0.25, -0.2) is 0 Å². The maximum absolute atomic E-state index is 10.0. The Hall–Kier alpha value is 0.113. The number of fused-ring (bicyclic) bond motifs is 2. The van der Waals surface area contributed by atoms with Gasteiger partial charge in [-0.15, -0.1) is 0 Å². The molecule has 23 heavy (non-hydrogen) atoms. The molecule has 0 aromatic heterocycles. The fraction of sp³-hybridized carbons (Fsp3) is 0.588. The van der Waals surface area contributed by atoms with Crippen LogP contribution in [0.3, 0.4) is 0 Å². The average molecular weight is 436 g/mol. The first-order valence-electron chi connectivity index (χ1n) is 8.00. The first-order chi connectivity index (χ1) is 11.1. The Labute approximate surface area is 157 Å². The Balaban J connectivity index is 0.000000595. The van der Waals surface area contributed by atoms with Crippen LogP contribution in [0.2, 0.25) is 0 Å². The van der Waals surface area contributed by atoms with E-state index >= 15 is 0 Å². The number of phenols is 1. The molecular weight excluding hydrogens is 412 g/mol. The molecule has 2 saturated carbocycles. The predicted octanol–water partition coefficient (Wildman–Crippen LogP) is 4.70. The van der Waals surface area contributed by atoms with E-state index in [2.05, 4.69) is 6.92 Å². The molecule has 1 aromatic rings. The first-order valence-corrected chi connectivity index (χ1v) is 14.3. The minimum atomic E-state index is -0.826. The summed E-state index contributed by atoms with van der Waals surface area (Å²) >= 11 is -0.826. The van der Waals surface area contributed by atoms with E-state index in [9.17, 15) is 5.11 Å². The van der Waals surface area contributed by atoms with Gasteiger partial charge in [0.2, 0.25) is 0 Å². The summed E-state index contributed by atoms with van der Waals surface area (Å²) in [7, 11) is 9.87. The van der Waals surface area contributed by atoms with Crippen LogP contribution in [0.4, 0.5) is 0 Å². The molecule has 1 aromatic carbocycles. The van der Waals surface area contributed by atoms with E-state index in [1.807, 2.05) is 31.3 Å². The van der Waals surface area contributed by atoms with Crippen LogP contribution >= 0.6 is 17.0 Å². The summed E-state index contributed by atoms with van der Waals surface area (Å²) in [5.74, 6) is 1.70. The monoisotopic (exact) mass is 433 g/mol. The molecule has 0 saturated heterocycles. The van der Waals surface area contributed by atoms with Crippen LogP contribution in [0, 0.1) is 18.8 Å². The molecule has 0 heterocycles. The van der Waals surface area contributed by atoms with Crippen LogP contribution in [0.1, 0.15) is 37.3 Å². The zero-order valence-corrected chi connectivity index (χ0v) is 17.5. The number of para-hydroxylation sites is 1. The third-order valence-electron chi connectivity index (χ3n) is 4.77. The second kappa shape index (κ2) is 9.56. The van der Waals surface area contributed by atoms with Crippen LogP contribution in [0.5, 0.6) is 5.75 Å². The van der Waals surface area contributed by atoms with Crippen molar-refractivity contribution in [2.24, 2.45) is 16.8 Å². The van der Waals surface area contributed by atoms with Crippen molar-refractivity contribution in [1.82, 2.24) is 0 Å². The van der Waals surface area contributed by atoms with E-state index in [4.69, 9.17) is 26.8 Å². The third kappa shape index (κ3) is 5.04. The summed E-state index contributed by atoms with van der Waals surface area (Å²) in [4.78, 5) is 4.75. The standard InChI is InChI=1S/C17H23NO2.2ClH.Zr/c1-3-20-16-9-12-7-14(16)15(8-12)18-10-13-6-4-5-11(2)17(13)19;;;/h4-6,10,12,14-16,19H,3,7-9H2,1-2H3;2*1H;/q;;;+2/p-2. The SMILES string of the molecule is CCOC1CC2CC(N=Cc3cccc(C)c3O)C1C2.[Cl][Zr][Cl]. The molecule has 4 atom stereocenters. The first kappa shape index (κ1) is 19.4. The summed E-state index contributed by atoms with van der Waals surface area (Å²) in [6.45, 7) is 4.77. The topological polar surface area (TPSA) is 41.8 Å². The van der Waals surface area contributed by atoms with Crippen molar-refractivity contribution in [2.45, 2.75) is 45.3 Å². The molecule has 6 heteroatoms. The summed E-state index contributed by atoms with van der Waals surface area (Å²) in [5, 5.41) is 10.0. The van der Waals surface area contributed by atoms with Gasteiger partial charge in [0.15, 0.2) is 0 Å². The summed E-state index contributed by atoms with van der Waals surface area (Å²) in [6, 6.07) is 6.15. The molecule has 1 N–H and O–H groups in total. The molecule has 3 rings (SSSR count). The van der Waals surface area contributed by atoms with Crippen molar-refractivity contribution in [3.05, 3.63) is 29.3 Å². The molecule has 2 aliphatic carbocycles. The Bertz CT molecular complexity index is 541. The maximum atomic E-state index is 10.0. The van der Waals surface area contributed by atoms with Crippen LogP contribution in [-0.4, -0.2) is 30.1 Å². The van der Waals surface area contributed by atoms with Crippen molar-refractivity contribution in [3.8, 4) is 5.75 Å². The number of rotatable bonds is 4. The number of nitrogens with zero attached hydrogens (tertiary/aromatic N) is 1. The van der Waals surface area contributed by atoms with Crippen molar-refractivity contribution in [2.75, 3.05) is 6.61 Å². The fourth-order valence-electron chi connectivity index (χ4n) is 3.79. The summed E-state index contributed by atoms with van der Waals surface area (Å²) in [6.07, 6.45) is 5.88. The molecule has 0 aliphatic heterocycles. The molecular formula is C17H23Cl2NO2Zr. The van der Waals surface area contributed by atoms with E-state index < -0.39 is 20.8 Å². The van der Waals surface area contributed by atoms with Crippen LogP contribution in [0.15, 0.2) is 23.2 Å². The van der Waals surface area contributed by atoms with Crippen LogP contribution < -0.4 is 0 Å². The molecule has 0 spiro atoms. The van der Waals surface area contributed by atoms with E-state index in [0.717, 1.165) is 23.7 Å². The summed E-state index contributed by atoms with van der Waals surface area (Å²) < 4.78 is 5.84. The predicted molar refractivity (Wildman–Crippen MR) is 92.2 cm³/mol. The Morgan fingerprint density at radius 2 is 2.09 bits per heavy atom. The van der Waals surface area contributed by atoms with Gasteiger partial charge in [0.25, 0.3) is 0 Å². The van der Waals surface area contributed by atoms with E-state index in [-0.39, 0.29) is 0 Å². The Morgan fingerprint density at radius 3 is 2.74 bits per heavy atom. The van der Waals surface area contributed by atoms with Gasteiger partial charge in [-0.1, -0.05) is 12.1 Å². The van der Waals surface area contributed by atoms with Gasteiger partial charge in [0.05, 0.1) is 12.1 Å². The molecule has 126 valence electrons. The normalized spacial score (nSPS) is 28.7. The number of aliphatic imine (C=N–C) groups is 1. The van der Waals surface area contributed by atoms with Gasteiger partial charge in [-0.2, -0.15) is 0 Å². The second-order valence-electron chi connectivity index (χ2n) is 6.16. The number of hydrogen-bond donors (Lipinski definition) is 1. The number of hydrogen-bond acceptors (Lipinski definition) is 3. The molecule has 3 nitrogen and oxygen atoms in total. The zero-order chi connectivity index (χ0) is 16.8. The molecule has 2 fully saturated rings. The van der Waals surface area contributed by atoms with Gasteiger partial charge < -0.3 is 9.84 Å². The third-order valence-corrected chi connectivity index (χ3v) is 4.77. The van der Waals surface area contributed by atoms with Crippen molar-refractivity contribution >= 4 is 23.2 Å². The zero-order valence-electron chi connectivity index (χ0n) is 13.5. The summed E-state index contributed by atoms with van der Waals surface area (Å²) in [5.41, 5.74) is 1.72. The van der Waals surface area contributed by atoms with E-state index in [0.29, 0.717) is 23.8 Å². The minimum absolute atomic E-state index is 0.348. The Morgan fingerprint density at radius 1 is 1.35 bits per heavy atom. The van der Waals surface area contributed by atoms with Gasteiger partial charge >= 0.3 is 37.9 Å². The molecule has 2 bridgehead atoms. The number of aromatic hydroxyl groups is 1. The number of ether oxygens (including phenoxy) is 1. The average Bonchev–Trinajstić information content (AvgIpc) is 3.10. The number of phenolic OH excluding ortho intramolecular Hbond substituents is 1. The molecule has 0 radical (unpaired) electrons.